The van der Waals surface area contributed by atoms with Gasteiger partial charge in [0.15, 0.2) is 0 Å². The van der Waals surface area contributed by atoms with E-state index >= 15 is 0 Å². The number of carbonyl (C=O) groups excluding carboxylic acids is 4. The van der Waals surface area contributed by atoms with E-state index < -0.39 is 23.6 Å². The molecule has 232 valence electrons. The van der Waals surface area contributed by atoms with Crippen LogP contribution in [0.2, 0.25) is 0 Å². The van der Waals surface area contributed by atoms with Crippen LogP contribution in [0.3, 0.4) is 0 Å². The topological polar surface area (TPSA) is 140 Å². The van der Waals surface area contributed by atoms with Crippen molar-refractivity contribution in [3.8, 4) is 11.5 Å². The Morgan fingerprint density at radius 2 is 0.848 bits per heavy atom. The van der Waals surface area contributed by atoms with Crippen LogP contribution in [0, 0.1) is 0 Å². The van der Waals surface area contributed by atoms with Gasteiger partial charge in [-0.1, -0.05) is 24.3 Å². The molecule has 2 aliphatic rings. The van der Waals surface area contributed by atoms with E-state index in [1.165, 1.54) is 9.80 Å². The van der Waals surface area contributed by atoms with Gasteiger partial charge in [0.05, 0.1) is 0 Å². The van der Waals surface area contributed by atoms with Crippen LogP contribution >= 0.6 is 0 Å². The Morgan fingerprint density at radius 1 is 0.500 bits per heavy atom. The largest absolute Gasteiger partial charge is 0.507 e. The number of aliphatic imine (C=N–C) groups is 2. The van der Waals surface area contributed by atoms with Crippen molar-refractivity contribution in [3.63, 3.8) is 0 Å². The highest BCUT2D eigenvalue weighted by molar-refractivity contribution is 6.33. The van der Waals surface area contributed by atoms with Crippen LogP contribution in [0.15, 0.2) is 82.8 Å². The van der Waals surface area contributed by atoms with Crippen LogP contribution < -0.4 is 0 Å². The fourth-order valence-electron chi connectivity index (χ4n) is 5.85. The first-order chi connectivity index (χ1) is 22.4. The van der Waals surface area contributed by atoms with Crippen molar-refractivity contribution in [2.45, 2.75) is 25.7 Å². The third kappa shape index (κ3) is 5.77. The van der Waals surface area contributed by atoms with E-state index in [1.54, 1.807) is 73.1 Å². The van der Waals surface area contributed by atoms with Crippen molar-refractivity contribution in [1.29, 1.82) is 0 Å². The summed E-state index contributed by atoms with van der Waals surface area (Å²) in [5, 5.41) is 20.4. The maximum atomic E-state index is 13.5. The van der Waals surface area contributed by atoms with E-state index in [0.717, 1.165) is 0 Å². The number of phenolic OH excluding ortho intramolecular Hbond substituents is 2. The van der Waals surface area contributed by atoms with Gasteiger partial charge in [-0.15, -0.1) is 0 Å². The zero-order valence-corrected chi connectivity index (χ0v) is 25.1. The first-order valence-corrected chi connectivity index (χ1v) is 15.2. The van der Waals surface area contributed by atoms with Gasteiger partial charge in [0.2, 0.25) is 0 Å². The van der Waals surface area contributed by atoms with Gasteiger partial charge >= 0.3 is 0 Å². The van der Waals surface area contributed by atoms with Crippen molar-refractivity contribution in [3.05, 3.63) is 106 Å². The molecule has 2 aliphatic heterocycles. The summed E-state index contributed by atoms with van der Waals surface area (Å²) in [5.74, 6) is -1.52. The van der Waals surface area contributed by atoms with Gasteiger partial charge in [-0.2, -0.15) is 0 Å². The van der Waals surface area contributed by atoms with Crippen LogP contribution in [-0.2, 0) is 0 Å². The highest BCUT2D eigenvalue weighted by Crippen LogP contribution is 2.38. The molecule has 0 saturated heterocycles. The summed E-state index contributed by atoms with van der Waals surface area (Å²) in [5.41, 5.74) is 2.42. The molecule has 10 nitrogen and oxygen atoms in total. The first kappa shape index (κ1) is 30.4. The zero-order valence-electron chi connectivity index (χ0n) is 25.1. The Morgan fingerprint density at radius 3 is 1.20 bits per heavy atom. The molecule has 46 heavy (non-hydrogen) atoms. The Kier molecular flexibility index (Phi) is 8.69. The van der Waals surface area contributed by atoms with Gasteiger partial charge in [-0.3, -0.25) is 39.0 Å². The summed E-state index contributed by atoms with van der Waals surface area (Å²) in [6.45, 7) is 1.35. The van der Waals surface area contributed by atoms with Crippen molar-refractivity contribution in [2.75, 3.05) is 26.2 Å². The lowest BCUT2D eigenvalue weighted by molar-refractivity contribution is 0.0586. The number of hydrogen-bond acceptors (Lipinski definition) is 8. The molecule has 2 N–H and O–H groups in total. The Bertz CT molecular complexity index is 1720. The van der Waals surface area contributed by atoms with Crippen LogP contribution in [0.1, 0.15) is 78.2 Å². The molecule has 4 amide bonds. The van der Waals surface area contributed by atoms with Crippen molar-refractivity contribution < 1.29 is 29.4 Å². The number of nitrogens with zero attached hydrogens (tertiary/aromatic N) is 4. The van der Waals surface area contributed by atoms with E-state index in [0.29, 0.717) is 82.9 Å². The Labute approximate surface area is 265 Å². The molecule has 0 bridgehead atoms. The predicted octanol–water partition coefficient (Wildman–Crippen LogP) is 5.24. The normalized spacial score (nSPS) is 14.4. The van der Waals surface area contributed by atoms with Gasteiger partial charge in [0.1, 0.15) is 11.5 Å². The molecule has 0 radical (unpaired) electrons. The van der Waals surface area contributed by atoms with Crippen LogP contribution in [-0.4, -0.2) is 82.2 Å². The number of para-hydroxylation sites is 2. The second kappa shape index (κ2) is 13.2. The minimum atomic E-state index is -0.453. The molecular formula is C36H32N4O6. The maximum absolute atomic E-state index is 13.5. The van der Waals surface area contributed by atoms with Gasteiger partial charge < -0.3 is 10.2 Å². The van der Waals surface area contributed by atoms with Crippen LogP contribution in [0.25, 0.3) is 10.8 Å². The smallest absolute Gasteiger partial charge is 0.261 e. The summed E-state index contributed by atoms with van der Waals surface area (Å²) in [4.78, 5) is 65.1. The van der Waals surface area contributed by atoms with Crippen LogP contribution in [0.4, 0.5) is 0 Å². The molecule has 10 heteroatoms. The summed E-state index contributed by atoms with van der Waals surface area (Å²) in [7, 11) is 0. The SMILES string of the molecule is O=C1c2ccc3c4c(ccc(c24)C(=O)N1CCCCN=Cc1ccccc1O)C(=O)N(CCCCN=Cc1ccccc1O)C3=O. The molecule has 0 spiro atoms. The minimum Gasteiger partial charge on any atom is -0.507 e. The molecule has 0 aliphatic carbocycles. The van der Waals surface area contributed by atoms with E-state index in [-0.39, 0.29) is 24.6 Å². The first-order valence-electron chi connectivity index (χ1n) is 15.2. The predicted molar refractivity (Wildman–Crippen MR) is 174 cm³/mol. The fourth-order valence-corrected chi connectivity index (χ4v) is 5.85. The average Bonchev–Trinajstić information content (AvgIpc) is 3.06. The molecule has 0 saturated carbocycles. The molecule has 4 aromatic rings. The van der Waals surface area contributed by atoms with Crippen molar-refractivity contribution in [2.24, 2.45) is 9.98 Å². The van der Waals surface area contributed by atoms with E-state index in [1.807, 2.05) is 12.1 Å². The molecule has 6 rings (SSSR count). The zero-order chi connectivity index (χ0) is 32.2. The number of hydrogen-bond donors (Lipinski definition) is 2. The molecule has 2 heterocycles. The summed E-state index contributed by atoms with van der Waals surface area (Å²) >= 11 is 0. The Hall–Kier alpha value is -5.64. The molecule has 0 unspecified atom stereocenters. The monoisotopic (exact) mass is 616 g/mol. The molecule has 0 aromatic heterocycles. The molecule has 0 fully saturated rings. The Balaban J connectivity index is 1.10. The lowest BCUT2D eigenvalue weighted by Gasteiger charge is -2.32. The van der Waals surface area contributed by atoms with E-state index in [9.17, 15) is 29.4 Å². The number of aromatic hydroxyl groups is 2. The lowest BCUT2D eigenvalue weighted by Crippen LogP contribution is -2.43. The number of rotatable bonds is 12. The number of phenols is 2. The number of carbonyl (C=O) groups is 4. The molecule has 0 atom stereocenters. The van der Waals surface area contributed by atoms with E-state index in [2.05, 4.69) is 9.98 Å². The van der Waals surface area contributed by atoms with Gasteiger partial charge in [0, 0.05) is 82.8 Å². The average molecular weight is 617 g/mol. The second-order valence-electron chi connectivity index (χ2n) is 11.2. The maximum Gasteiger partial charge on any atom is 0.261 e. The van der Waals surface area contributed by atoms with Crippen molar-refractivity contribution >= 4 is 46.8 Å². The minimum absolute atomic E-state index is 0.147. The van der Waals surface area contributed by atoms with Gasteiger partial charge in [0.25, 0.3) is 23.6 Å². The lowest BCUT2D eigenvalue weighted by atomic mass is 9.86. The van der Waals surface area contributed by atoms with E-state index in [4.69, 9.17) is 0 Å². The second-order valence-corrected chi connectivity index (χ2v) is 11.2. The number of unbranched alkanes of at least 4 members (excludes halogenated alkanes) is 2. The third-order valence-corrected chi connectivity index (χ3v) is 8.24. The highest BCUT2D eigenvalue weighted by atomic mass is 16.3. The summed E-state index contributed by atoms with van der Waals surface area (Å²) in [6, 6.07) is 20.1. The third-order valence-electron chi connectivity index (χ3n) is 8.24. The van der Waals surface area contributed by atoms with Crippen LogP contribution in [0.5, 0.6) is 11.5 Å². The molecular weight excluding hydrogens is 584 g/mol. The fraction of sp³-hybridized carbons (Fsp3) is 0.222. The van der Waals surface area contributed by atoms with Gasteiger partial charge in [-0.05, 0) is 74.2 Å². The van der Waals surface area contributed by atoms with Crippen molar-refractivity contribution in [1.82, 2.24) is 9.80 Å². The summed E-state index contributed by atoms with van der Waals surface area (Å²) in [6.07, 6.45) is 5.53. The quantitative estimate of drug-likeness (QED) is 0.127. The van der Waals surface area contributed by atoms with Gasteiger partial charge in [-0.25, -0.2) is 0 Å². The summed E-state index contributed by atoms with van der Waals surface area (Å²) < 4.78 is 0. The highest BCUT2D eigenvalue weighted by Gasteiger charge is 2.39. The number of benzene rings is 4. The number of amides is 4. The number of imide groups is 2. The molecule has 4 aromatic carbocycles. The standard InChI is InChI=1S/C36H32N4O6/c41-29-11-3-1-9-23(29)21-37-17-5-7-19-39-33(43)25-13-15-27-32-28(16-14-26(31(25)32)34(39)44)36(46)40(35(27)45)20-8-6-18-38-22-24-10-2-4-12-30(24)42/h1-4,9-16,21-22,41-42H,5-8,17-20H2.